The van der Waals surface area contributed by atoms with E-state index in [0.717, 1.165) is 12.0 Å². The Balaban J connectivity index is 1.66. The van der Waals surface area contributed by atoms with Crippen molar-refractivity contribution in [2.75, 3.05) is 5.84 Å². The topological polar surface area (TPSA) is 85.8 Å². The van der Waals surface area contributed by atoms with Crippen LogP contribution in [-0.4, -0.2) is 32.1 Å². The predicted molar refractivity (Wildman–Crippen MR) is 119 cm³/mol. The molecule has 3 unspecified atom stereocenters. The molecular formula is C22H33N5OS. The van der Waals surface area contributed by atoms with Gasteiger partial charge in [0.1, 0.15) is 0 Å². The summed E-state index contributed by atoms with van der Waals surface area (Å²) in [5, 5.41) is 11.9. The Labute approximate surface area is 178 Å². The van der Waals surface area contributed by atoms with Crippen LogP contribution in [-0.2, 0) is 10.2 Å². The number of benzene rings is 1. The number of nitrogens with two attached hydrogens (primary N) is 1. The third-order valence-corrected chi connectivity index (χ3v) is 6.82. The molecular weight excluding hydrogens is 382 g/mol. The summed E-state index contributed by atoms with van der Waals surface area (Å²) in [7, 11) is 0. The van der Waals surface area contributed by atoms with Gasteiger partial charge in [0, 0.05) is 11.6 Å². The Hall–Kier alpha value is -2.02. The van der Waals surface area contributed by atoms with Crippen LogP contribution in [0.5, 0.6) is 0 Å². The van der Waals surface area contributed by atoms with E-state index in [-0.39, 0.29) is 22.6 Å². The van der Waals surface area contributed by atoms with Gasteiger partial charge in [-0.25, -0.2) is 4.68 Å². The van der Waals surface area contributed by atoms with E-state index in [1.807, 2.05) is 19.1 Å². The number of thioether (sulfide) groups is 1. The summed E-state index contributed by atoms with van der Waals surface area (Å²) in [6.45, 7) is 10.7. The minimum Gasteiger partial charge on any atom is -0.352 e. The number of hydrogen-bond donors (Lipinski definition) is 2. The summed E-state index contributed by atoms with van der Waals surface area (Å²) >= 11 is 1.34. The number of amides is 1. The maximum atomic E-state index is 12.7. The van der Waals surface area contributed by atoms with Crippen LogP contribution in [0, 0.1) is 5.92 Å². The van der Waals surface area contributed by atoms with Crippen molar-refractivity contribution in [1.29, 1.82) is 0 Å². The first-order chi connectivity index (χ1) is 13.7. The minimum absolute atomic E-state index is 0.0350. The molecule has 0 spiro atoms. The smallest absolute Gasteiger partial charge is 0.233 e. The summed E-state index contributed by atoms with van der Waals surface area (Å²) in [6.07, 6.45) is 4.69. The molecule has 1 aliphatic carbocycles. The monoisotopic (exact) mass is 415 g/mol. The van der Waals surface area contributed by atoms with E-state index in [2.05, 4.69) is 55.3 Å². The molecule has 3 N–H and O–H groups in total. The zero-order chi connectivity index (χ0) is 21.2. The SMILES string of the molecule is CC(Sc1nnc(-c2ccc(C(C)(C)C)cc2)n1N)C(=O)NC1CCCCC1C. The van der Waals surface area contributed by atoms with E-state index in [0.29, 0.717) is 16.9 Å². The number of aromatic nitrogens is 3. The van der Waals surface area contributed by atoms with Gasteiger partial charge in [0.15, 0.2) is 5.82 Å². The highest BCUT2D eigenvalue weighted by Gasteiger charge is 2.26. The molecule has 0 radical (unpaired) electrons. The number of rotatable bonds is 5. The van der Waals surface area contributed by atoms with Crippen LogP contribution in [0.3, 0.4) is 0 Å². The van der Waals surface area contributed by atoms with E-state index in [4.69, 9.17) is 5.84 Å². The first-order valence-electron chi connectivity index (χ1n) is 10.4. The highest BCUT2D eigenvalue weighted by Crippen LogP contribution is 2.28. The second kappa shape index (κ2) is 8.78. The van der Waals surface area contributed by atoms with Crippen molar-refractivity contribution in [3.05, 3.63) is 29.8 Å². The number of hydrogen-bond acceptors (Lipinski definition) is 5. The molecule has 1 amide bonds. The molecule has 1 aromatic heterocycles. The van der Waals surface area contributed by atoms with Gasteiger partial charge in [0.2, 0.25) is 11.1 Å². The van der Waals surface area contributed by atoms with Gasteiger partial charge in [-0.1, -0.05) is 76.6 Å². The number of nitrogen functional groups attached to an aromatic ring is 1. The average molecular weight is 416 g/mol. The lowest BCUT2D eigenvalue weighted by atomic mass is 9.86. The molecule has 1 saturated carbocycles. The molecule has 6 nitrogen and oxygen atoms in total. The van der Waals surface area contributed by atoms with Crippen molar-refractivity contribution in [3.8, 4) is 11.4 Å². The van der Waals surface area contributed by atoms with Gasteiger partial charge >= 0.3 is 0 Å². The van der Waals surface area contributed by atoms with E-state index in [9.17, 15) is 4.79 Å². The van der Waals surface area contributed by atoms with Gasteiger partial charge in [0.05, 0.1) is 5.25 Å². The fraction of sp³-hybridized carbons (Fsp3) is 0.591. The molecule has 3 atom stereocenters. The summed E-state index contributed by atoms with van der Waals surface area (Å²) < 4.78 is 1.48. The van der Waals surface area contributed by atoms with Crippen LogP contribution < -0.4 is 11.2 Å². The summed E-state index contributed by atoms with van der Waals surface area (Å²) in [6, 6.07) is 8.50. The second-order valence-electron chi connectivity index (χ2n) is 9.14. The van der Waals surface area contributed by atoms with Crippen molar-refractivity contribution < 1.29 is 4.79 Å². The third kappa shape index (κ3) is 5.13. The predicted octanol–water partition coefficient (Wildman–Crippen LogP) is 4.13. The minimum atomic E-state index is -0.285. The summed E-state index contributed by atoms with van der Waals surface area (Å²) in [4.78, 5) is 12.7. The van der Waals surface area contributed by atoms with Crippen LogP contribution in [0.1, 0.15) is 65.9 Å². The summed E-state index contributed by atoms with van der Waals surface area (Å²) in [5.74, 6) is 7.42. The molecule has 158 valence electrons. The number of carbonyl (C=O) groups excluding carboxylic acids is 1. The van der Waals surface area contributed by atoms with E-state index in [1.54, 1.807) is 0 Å². The Morgan fingerprint density at radius 2 is 1.86 bits per heavy atom. The molecule has 1 aliphatic rings. The maximum absolute atomic E-state index is 12.7. The first kappa shape index (κ1) is 21.7. The molecule has 2 aromatic rings. The number of carbonyl (C=O) groups is 1. The fourth-order valence-corrected chi connectivity index (χ4v) is 4.50. The van der Waals surface area contributed by atoms with Gasteiger partial charge in [-0.15, -0.1) is 10.2 Å². The standard InChI is InChI=1S/C22H33N5OS/c1-14-8-6-7-9-18(14)24-20(28)15(2)29-21-26-25-19(27(21)23)16-10-12-17(13-11-16)22(3,4)5/h10-15,18H,6-9,23H2,1-5H3,(H,24,28). The van der Waals surface area contributed by atoms with Crippen molar-refractivity contribution in [2.24, 2.45) is 5.92 Å². The van der Waals surface area contributed by atoms with Crippen LogP contribution in [0.4, 0.5) is 0 Å². The fourth-order valence-electron chi connectivity index (χ4n) is 3.72. The van der Waals surface area contributed by atoms with E-state index in [1.165, 1.54) is 41.3 Å². The van der Waals surface area contributed by atoms with Crippen molar-refractivity contribution in [1.82, 2.24) is 20.2 Å². The highest BCUT2D eigenvalue weighted by atomic mass is 32.2. The van der Waals surface area contributed by atoms with Crippen LogP contribution in [0.2, 0.25) is 0 Å². The van der Waals surface area contributed by atoms with Crippen molar-refractivity contribution in [2.45, 2.75) is 82.2 Å². The Kier molecular flexibility index (Phi) is 6.56. The normalized spacial score (nSPS) is 21.0. The highest BCUT2D eigenvalue weighted by molar-refractivity contribution is 8.00. The Morgan fingerprint density at radius 3 is 2.48 bits per heavy atom. The maximum Gasteiger partial charge on any atom is 0.233 e. The van der Waals surface area contributed by atoms with Crippen LogP contribution >= 0.6 is 11.8 Å². The van der Waals surface area contributed by atoms with Crippen LogP contribution in [0.15, 0.2) is 29.4 Å². The second-order valence-corrected chi connectivity index (χ2v) is 10.4. The van der Waals surface area contributed by atoms with Crippen molar-refractivity contribution >= 4 is 17.7 Å². The molecule has 7 heteroatoms. The summed E-state index contributed by atoms with van der Waals surface area (Å²) in [5.41, 5.74) is 2.25. The zero-order valence-electron chi connectivity index (χ0n) is 18.1. The lowest BCUT2D eigenvalue weighted by molar-refractivity contribution is -0.121. The molecule has 29 heavy (non-hydrogen) atoms. The lowest BCUT2D eigenvalue weighted by Gasteiger charge is -2.30. The molecule has 1 fully saturated rings. The number of nitrogens with zero attached hydrogens (tertiary/aromatic N) is 3. The molecule has 1 aromatic carbocycles. The van der Waals surface area contributed by atoms with Gasteiger partial charge in [-0.2, -0.15) is 0 Å². The van der Waals surface area contributed by atoms with E-state index < -0.39 is 0 Å². The van der Waals surface area contributed by atoms with Gasteiger partial charge in [-0.3, -0.25) is 4.79 Å². The molecule has 0 aliphatic heterocycles. The van der Waals surface area contributed by atoms with Gasteiger partial charge < -0.3 is 11.2 Å². The van der Waals surface area contributed by atoms with Crippen LogP contribution in [0.25, 0.3) is 11.4 Å². The number of nitrogens with one attached hydrogen (secondary N) is 1. The first-order valence-corrected chi connectivity index (χ1v) is 11.3. The zero-order valence-corrected chi connectivity index (χ0v) is 18.9. The lowest BCUT2D eigenvalue weighted by Crippen LogP contribution is -2.44. The molecule has 3 rings (SSSR count). The van der Waals surface area contributed by atoms with Gasteiger partial charge in [0.25, 0.3) is 0 Å². The van der Waals surface area contributed by atoms with E-state index >= 15 is 0 Å². The largest absolute Gasteiger partial charge is 0.352 e. The molecule has 0 bridgehead atoms. The molecule has 1 heterocycles. The third-order valence-electron chi connectivity index (χ3n) is 5.76. The Bertz CT molecular complexity index is 840. The quantitative estimate of drug-likeness (QED) is 0.566. The van der Waals surface area contributed by atoms with Crippen molar-refractivity contribution in [3.63, 3.8) is 0 Å². The average Bonchev–Trinajstić information content (AvgIpc) is 3.03. The van der Waals surface area contributed by atoms with Gasteiger partial charge in [-0.05, 0) is 36.7 Å². The molecule has 0 saturated heterocycles. The Morgan fingerprint density at radius 1 is 1.21 bits per heavy atom.